The van der Waals surface area contributed by atoms with E-state index < -0.39 is 0 Å². The van der Waals surface area contributed by atoms with Gasteiger partial charge in [0.2, 0.25) is 0 Å². The second-order valence-electron chi connectivity index (χ2n) is 5.60. The zero-order chi connectivity index (χ0) is 19.1. The van der Waals surface area contributed by atoms with Crippen molar-refractivity contribution in [3.63, 3.8) is 0 Å². The first-order valence-corrected chi connectivity index (χ1v) is 8.26. The van der Waals surface area contributed by atoms with Gasteiger partial charge >= 0.3 is 0 Å². The second-order valence-corrected chi connectivity index (χ2v) is 5.60. The molecule has 0 saturated carbocycles. The lowest BCUT2D eigenvalue weighted by Gasteiger charge is -2.14. The van der Waals surface area contributed by atoms with Crippen molar-refractivity contribution < 1.29 is 9.53 Å². The normalized spacial score (nSPS) is 10.1. The number of carbonyl (C=O) groups is 1. The van der Waals surface area contributed by atoms with Crippen LogP contribution in [-0.4, -0.2) is 23.0 Å². The molecule has 0 bridgehead atoms. The van der Waals surface area contributed by atoms with Gasteiger partial charge in [0.1, 0.15) is 17.8 Å². The van der Waals surface area contributed by atoms with E-state index in [1.54, 1.807) is 24.3 Å². The molecule has 3 aromatic rings. The zero-order valence-electron chi connectivity index (χ0n) is 14.8. The number of amides is 1. The average Bonchev–Trinajstić information content (AvgIpc) is 2.72. The van der Waals surface area contributed by atoms with E-state index in [1.165, 1.54) is 13.4 Å². The number of aromatic nitrogens is 2. The lowest BCUT2D eigenvalue weighted by Crippen LogP contribution is -2.30. The van der Waals surface area contributed by atoms with E-state index in [0.29, 0.717) is 35.2 Å². The maximum atomic E-state index is 12.4. The molecule has 0 aliphatic carbocycles. The number of hydrazine groups is 1. The molecule has 0 saturated heterocycles. The molecule has 0 fully saturated rings. The molecule has 0 spiro atoms. The van der Waals surface area contributed by atoms with Gasteiger partial charge in [-0.2, -0.15) is 0 Å². The highest BCUT2D eigenvalue weighted by atomic mass is 16.5. The third-order valence-electron chi connectivity index (χ3n) is 3.83. The van der Waals surface area contributed by atoms with Crippen molar-refractivity contribution in [3.05, 3.63) is 72.1 Å². The Hall–Kier alpha value is -3.81. The molecule has 5 N–H and O–H groups in total. The molecule has 1 amide bonds. The van der Waals surface area contributed by atoms with Crippen molar-refractivity contribution in [2.24, 2.45) is 0 Å². The Morgan fingerprint density at radius 1 is 1.04 bits per heavy atom. The molecule has 1 aromatic heterocycles. The predicted octanol–water partition coefficient (Wildman–Crippen LogP) is 2.44. The molecular weight excluding hydrogens is 344 g/mol. The summed E-state index contributed by atoms with van der Waals surface area (Å²) in [6, 6.07) is 16.8. The Bertz CT molecular complexity index is 917. The van der Waals surface area contributed by atoms with Gasteiger partial charge in [-0.1, -0.05) is 42.5 Å². The number of para-hydroxylation sites is 1. The molecule has 3 rings (SSSR count). The molecule has 8 nitrogen and oxygen atoms in total. The van der Waals surface area contributed by atoms with Gasteiger partial charge in [0, 0.05) is 6.54 Å². The van der Waals surface area contributed by atoms with Crippen molar-refractivity contribution in [2.75, 3.05) is 23.6 Å². The molecule has 0 aliphatic heterocycles. The number of nitrogens with two attached hydrogens (primary N) is 1. The highest BCUT2D eigenvalue weighted by Crippen LogP contribution is 2.23. The van der Waals surface area contributed by atoms with Crippen molar-refractivity contribution >= 4 is 23.2 Å². The molecule has 0 unspecified atom stereocenters. The number of hydrogen-bond acceptors (Lipinski definition) is 7. The fourth-order valence-corrected chi connectivity index (χ4v) is 2.43. The van der Waals surface area contributed by atoms with Crippen LogP contribution in [0.2, 0.25) is 0 Å². The van der Waals surface area contributed by atoms with Crippen molar-refractivity contribution in [1.29, 1.82) is 0 Å². The number of benzene rings is 2. The zero-order valence-corrected chi connectivity index (χ0v) is 14.8. The molecule has 2 aromatic carbocycles. The van der Waals surface area contributed by atoms with Crippen LogP contribution in [0.25, 0.3) is 0 Å². The summed E-state index contributed by atoms with van der Waals surface area (Å²) in [5.41, 5.74) is 13.2. The number of hydrogen-bond donors (Lipinski definition) is 4. The summed E-state index contributed by atoms with van der Waals surface area (Å²) in [7, 11) is 1.51. The summed E-state index contributed by atoms with van der Waals surface area (Å²) in [4.78, 5) is 20.6. The fraction of sp³-hybridized carbons (Fsp3) is 0.105. The highest BCUT2D eigenvalue weighted by Gasteiger charge is 2.13. The maximum absolute atomic E-state index is 12.4. The van der Waals surface area contributed by atoms with Crippen LogP contribution in [0.5, 0.6) is 5.75 Å². The molecule has 1 heterocycles. The number of nitrogen functional groups attached to an aromatic ring is 1. The molecule has 8 heteroatoms. The number of nitrogens with one attached hydrogen (secondary N) is 3. The summed E-state index contributed by atoms with van der Waals surface area (Å²) >= 11 is 0. The molecule has 138 valence electrons. The lowest BCUT2D eigenvalue weighted by molar-refractivity contribution is 0.0959. The van der Waals surface area contributed by atoms with E-state index >= 15 is 0 Å². The van der Waals surface area contributed by atoms with Crippen LogP contribution >= 0.6 is 0 Å². The number of nitrogens with zero attached hydrogens (tertiary/aromatic N) is 2. The first-order chi connectivity index (χ1) is 13.2. The van der Waals surface area contributed by atoms with Crippen molar-refractivity contribution in [2.45, 2.75) is 6.54 Å². The van der Waals surface area contributed by atoms with E-state index in [0.717, 1.165) is 5.56 Å². The molecule has 0 atom stereocenters. The van der Waals surface area contributed by atoms with Gasteiger partial charge in [0.15, 0.2) is 11.6 Å². The van der Waals surface area contributed by atoms with Gasteiger partial charge in [-0.15, -0.1) is 0 Å². The first kappa shape index (κ1) is 18.0. The number of anilines is 3. The van der Waals surface area contributed by atoms with Crippen molar-refractivity contribution in [3.8, 4) is 5.75 Å². The van der Waals surface area contributed by atoms with E-state index in [1.807, 2.05) is 30.3 Å². The Kier molecular flexibility index (Phi) is 5.68. The SMILES string of the molecule is COc1ccccc1C(=O)NNc1ncnc(NCc2ccccc2)c1N. The summed E-state index contributed by atoms with van der Waals surface area (Å²) < 4.78 is 5.19. The molecule has 0 radical (unpaired) electrons. The van der Waals surface area contributed by atoms with Crippen LogP contribution < -0.4 is 26.6 Å². The predicted molar refractivity (Wildman–Crippen MR) is 104 cm³/mol. The molecular formula is C19H20N6O2. The highest BCUT2D eigenvalue weighted by molar-refractivity contribution is 5.97. The lowest BCUT2D eigenvalue weighted by atomic mass is 10.2. The van der Waals surface area contributed by atoms with Crippen LogP contribution in [0.3, 0.4) is 0 Å². The van der Waals surface area contributed by atoms with Gasteiger partial charge in [-0.05, 0) is 17.7 Å². The Morgan fingerprint density at radius 2 is 1.74 bits per heavy atom. The van der Waals surface area contributed by atoms with Gasteiger partial charge in [-0.25, -0.2) is 9.97 Å². The minimum atomic E-state index is -0.371. The number of methoxy groups -OCH3 is 1. The van der Waals surface area contributed by atoms with Crippen molar-refractivity contribution in [1.82, 2.24) is 15.4 Å². The Labute approximate surface area is 156 Å². The number of ether oxygens (including phenoxy) is 1. The molecule has 27 heavy (non-hydrogen) atoms. The maximum Gasteiger partial charge on any atom is 0.273 e. The second kappa shape index (κ2) is 8.52. The van der Waals surface area contributed by atoms with Crippen LogP contribution in [0, 0.1) is 0 Å². The van der Waals surface area contributed by atoms with E-state index in [9.17, 15) is 4.79 Å². The number of carbonyl (C=O) groups excluding carboxylic acids is 1. The fourth-order valence-electron chi connectivity index (χ4n) is 2.43. The summed E-state index contributed by atoms with van der Waals surface area (Å²) in [5.74, 6) is 0.869. The summed E-state index contributed by atoms with van der Waals surface area (Å²) in [5, 5.41) is 3.16. The smallest absolute Gasteiger partial charge is 0.273 e. The minimum Gasteiger partial charge on any atom is -0.496 e. The van der Waals surface area contributed by atoms with Gasteiger partial charge < -0.3 is 15.8 Å². The van der Waals surface area contributed by atoms with E-state index in [4.69, 9.17) is 10.5 Å². The third-order valence-corrected chi connectivity index (χ3v) is 3.83. The minimum absolute atomic E-state index is 0.295. The van der Waals surface area contributed by atoms with Crippen LogP contribution in [0.1, 0.15) is 15.9 Å². The first-order valence-electron chi connectivity index (χ1n) is 8.26. The largest absolute Gasteiger partial charge is 0.496 e. The van der Waals surface area contributed by atoms with Gasteiger partial charge in [-0.3, -0.25) is 15.6 Å². The van der Waals surface area contributed by atoms with Gasteiger partial charge in [0.25, 0.3) is 5.91 Å². The van der Waals surface area contributed by atoms with Crippen LogP contribution in [-0.2, 0) is 6.54 Å². The van der Waals surface area contributed by atoms with E-state index in [-0.39, 0.29) is 5.91 Å². The van der Waals surface area contributed by atoms with Gasteiger partial charge in [0.05, 0.1) is 12.7 Å². The number of rotatable bonds is 7. The topological polar surface area (TPSA) is 114 Å². The average molecular weight is 364 g/mol. The van der Waals surface area contributed by atoms with Crippen LogP contribution in [0.4, 0.5) is 17.3 Å². The summed E-state index contributed by atoms with van der Waals surface area (Å²) in [6.45, 7) is 0.565. The molecule has 0 aliphatic rings. The Balaban J connectivity index is 1.66. The standard InChI is InChI=1S/C19H20N6O2/c1-27-15-10-6-5-9-14(15)19(26)25-24-18-16(20)17(22-12-23-18)21-11-13-7-3-2-4-8-13/h2-10,12H,11,20H2,1H3,(H,25,26)(H2,21,22,23,24). The van der Waals surface area contributed by atoms with E-state index in [2.05, 4.69) is 26.1 Å². The Morgan fingerprint density at radius 3 is 2.52 bits per heavy atom. The monoisotopic (exact) mass is 364 g/mol. The summed E-state index contributed by atoms with van der Waals surface area (Å²) in [6.07, 6.45) is 1.36. The van der Waals surface area contributed by atoms with Crippen LogP contribution in [0.15, 0.2) is 60.9 Å². The third kappa shape index (κ3) is 4.43. The quantitative estimate of drug-likeness (QED) is 0.476.